The maximum absolute atomic E-state index is 12.5. The van der Waals surface area contributed by atoms with Crippen molar-refractivity contribution < 1.29 is 19.0 Å². The van der Waals surface area contributed by atoms with Gasteiger partial charge in [-0.2, -0.15) is 0 Å². The first-order chi connectivity index (χ1) is 19.9. The normalized spacial score (nSPS) is 11.4. The number of carbonyl (C=O) groups excluding carboxylic acids is 1. The van der Waals surface area contributed by atoms with E-state index in [-0.39, 0.29) is 5.97 Å². The average Bonchev–Trinajstić information content (AvgIpc) is 2.98. The maximum Gasteiger partial charge on any atom is 0.343 e. The molecule has 0 radical (unpaired) electrons. The lowest BCUT2D eigenvalue weighted by Gasteiger charge is -2.19. The molecule has 5 heteroatoms. The molecule has 230 valence electrons. The highest BCUT2D eigenvalue weighted by Crippen LogP contribution is 2.21. The van der Waals surface area contributed by atoms with Crippen LogP contribution in [0.1, 0.15) is 121 Å². The van der Waals surface area contributed by atoms with Crippen molar-refractivity contribution in [1.29, 1.82) is 0 Å². The van der Waals surface area contributed by atoms with Crippen molar-refractivity contribution in [2.24, 2.45) is 0 Å². The molecule has 0 aromatic heterocycles. The lowest BCUT2D eigenvalue weighted by atomic mass is 10.1. The van der Waals surface area contributed by atoms with Crippen LogP contribution in [0.4, 0.5) is 0 Å². The molecule has 0 aliphatic carbocycles. The summed E-state index contributed by atoms with van der Waals surface area (Å²) < 4.78 is 17.2. The van der Waals surface area contributed by atoms with E-state index in [0.717, 1.165) is 30.9 Å². The minimum Gasteiger partial charge on any atom is -0.494 e. The topological polar surface area (TPSA) is 44.8 Å². The first-order valence-corrected chi connectivity index (χ1v) is 20.0. The maximum atomic E-state index is 12.5. The summed E-state index contributed by atoms with van der Waals surface area (Å²) in [5, 5.41) is 0. The molecule has 2 aromatic carbocycles. The van der Waals surface area contributed by atoms with E-state index in [9.17, 15) is 4.79 Å². The Hall–Kier alpha value is -2.27. The standard InChI is InChI=1S/C36H58O4Si/c1-5-7-8-9-15-18-29-38-33-23-21-32(22-24-33)36(37)40-35-27-25-34(26-28-35)39-30-19-16-13-11-10-12-14-17-20-31-41(3,4)6-2/h21-28H,5-20,29-31H2,1-4H3. The van der Waals surface area contributed by atoms with Gasteiger partial charge in [0.25, 0.3) is 0 Å². The van der Waals surface area contributed by atoms with Crippen LogP contribution < -0.4 is 14.2 Å². The number of benzene rings is 2. The van der Waals surface area contributed by atoms with E-state index in [0.29, 0.717) is 17.9 Å². The van der Waals surface area contributed by atoms with Gasteiger partial charge in [0, 0.05) is 8.07 Å². The number of esters is 1. The van der Waals surface area contributed by atoms with Crippen molar-refractivity contribution in [1.82, 2.24) is 0 Å². The second-order valence-electron chi connectivity index (χ2n) is 12.3. The molecule has 0 amide bonds. The minimum atomic E-state index is -0.863. The van der Waals surface area contributed by atoms with Crippen LogP contribution in [0.2, 0.25) is 25.2 Å². The zero-order chi connectivity index (χ0) is 29.6. The Morgan fingerprint density at radius 3 is 1.46 bits per heavy atom. The highest BCUT2D eigenvalue weighted by atomic mass is 28.3. The van der Waals surface area contributed by atoms with E-state index in [1.165, 1.54) is 95.6 Å². The number of rotatable bonds is 24. The van der Waals surface area contributed by atoms with E-state index >= 15 is 0 Å². The summed E-state index contributed by atoms with van der Waals surface area (Å²) in [5.41, 5.74) is 0.509. The second-order valence-corrected chi connectivity index (χ2v) is 17.8. The van der Waals surface area contributed by atoms with Crippen LogP contribution in [0, 0.1) is 0 Å². The number of hydrogen-bond acceptors (Lipinski definition) is 4. The largest absolute Gasteiger partial charge is 0.494 e. The number of carbonyl (C=O) groups is 1. The van der Waals surface area contributed by atoms with Crippen molar-refractivity contribution in [3.63, 3.8) is 0 Å². The quantitative estimate of drug-likeness (QED) is 0.0534. The molecule has 0 saturated carbocycles. The molecule has 0 heterocycles. The smallest absolute Gasteiger partial charge is 0.343 e. The van der Waals surface area contributed by atoms with Crippen molar-refractivity contribution >= 4 is 14.0 Å². The lowest BCUT2D eigenvalue weighted by molar-refractivity contribution is 0.0734. The summed E-state index contributed by atoms with van der Waals surface area (Å²) in [6.45, 7) is 11.1. The van der Waals surface area contributed by atoms with Crippen molar-refractivity contribution in [3.8, 4) is 17.2 Å². The van der Waals surface area contributed by atoms with E-state index in [1.54, 1.807) is 24.3 Å². The molecular formula is C36H58O4Si. The van der Waals surface area contributed by atoms with Gasteiger partial charge in [-0.1, -0.05) is 123 Å². The Kier molecular flexibility index (Phi) is 18.3. The van der Waals surface area contributed by atoms with Crippen LogP contribution in [0.5, 0.6) is 17.2 Å². The molecule has 0 spiro atoms. The fourth-order valence-corrected chi connectivity index (χ4v) is 6.40. The predicted molar refractivity (Wildman–Crippen MR) is 177 cm³/mol. The zero-order valence-electron chi connectivity index (χ0n) is 26.7. The number of unbranched alkanes of at least 4 members (excludes halogenated alkanes) is 13. The van der Waals surface area contributed by atoms with Crippen LogP contribution >= 0.6 is 0 Å². The molecule has 0 aliphatic rings. The first-order valence-electron chi connectivity index (χ1n) is 16.6. The van der Waals surface area contributed by atoms with Crippen LogP contribution in [-0.2, 0) is 0 Å². The fraction of sp³-hybridized carbons (Fsp3) is 0.639. The van der Waals surface area contributed by atoms with Gasteiger partial charge >= 0.3 is 5.97 Å². The van der Waals surface area contributed by atoms with Gasteiger partial charge in [0.2, 0.25) is 0 Å². The molecule has 0 unspecified atom stereocenters. The Balaban J connectivity index is 1.51. The summed E-state index contributed by atoms with van der Waals surface area (Å²) in [6.07, 6.45) is 19.4. The molecule has 0 aliphatic heterocycles. The Morgan fingerprint density at radius 1 is 0.561 bits per heavy atom. The van der Waals surface area contributed by atoms with Crippen LogP contribution in [0.3, 0.4) is 0 Å². The van der Waals surface area contributed by atoms with Crippen LogP contribution in [0.15, 0.2) is 48.5 Å². The molecule has 41 heavy (non-hydrogen) atoms. The Labute approximate surface area is 252 Å². The van der Waals surface area contributed by atoms with Gasteiger partial charge in [0.05, 0.1) is 18.8 Å². The van der Waals surface area contributed by atoms with E-state index in [2.05, 4.69) is 26.9 Å². The fourth-order valence-electron chi connectivity index (χ4n) is 4.84. The van der Waals surface area contributed by atoms with Gasteiger partial charge in [-0.15, -0.1) is 0 Å². The summed E-state index contributed by atoms with van der Waals surface area (Å²) in [4.78, 5) is 12.5. The molecule has 0 atom stereocenters. The third-order valence-corrected chi connectivity index (χ3v) is 11.7. The predicted octanol–water partition coefficient (Wildman–Crippen LogP) is 11.3. The molecule has 0 saturated heterocycles. The van der Waals surface area contributed by atoms with E-state index < -0.39 is 8.07 Å². The van der Waals surface area contributed by atoms with Gasteiger partial charge in [-0.25, -0.2) is 4.79 Å². The molecule has 2 rings (SSSR count). The molecule has 0 bridgehead atoms. The Bertz CT molecular complexity index is 924. The Morgan fingerprint density at radius 2 is 0.976 bits per heavy atom. The molecule has 2 aromatic rings. The molecule has 0 N–H and O–H groups in total. The highest BCUT2D eigenvalue weighted by molar-refractivity contribution is 6.77. The van der Waals surface area contributed by atoms with Gasteiger partial charge in [-0.05, 0) is 61.4 Å². The van der Waals surface area contributed by atoms with Crippen molar-refractivity contribution in [2.75, 3.05) is 13.2 Å². The van der Waals surface area contributed by atoms with Gasteiger partial charge in [0.15, 0.2) is 0 Å². The van der Waals surface area contributed by atoms with Crippen molar-refractivity contribution in [3.05, 3.63) is 54.1 Å². The van der Waals surface area contributed by atoms with Gasteiger partial charge < -0.3 is 14.2 Å². The third kappa shape index (κ3) is 16.7. The van der Waals surface area contributed by atoms with Crippen LogP contribution in [0.25, 0.3) is 0 Å². The minimum absolute atomic E-state index is 0.372. The van der Waals surface area contributed by atoms with Gasteiger partial charge in [-0.3, -0.25) is 0 Å². The number of hydrogen-bond donors (Lipinski definition) is 0. The monoisotopic (exact) mass is 582 g/mol. The van der Waals surface area contributed by atoms with Crippen LogP contribution in [-0.4, -0.2) is 27.3 Å². The van der Waals surface area contributed by atoms with E-state index in [4.69, 9.17) is 14.2 Å². The van der Waals surface area contributed by atoms with Crippen molar-refractivity contribution in [2.45, 2.75) is 135 Å². The first kappa shape index (κ1) is 34.9. The average molecular weight is 583 g/mol. The molecule has 0 fully saturated rings. The highest BCUT2D eigenvalue weighted by Gasteiger charge is 2.16. The summed E-state index contributed by atoms with van der Waals surface area (Å²) in [5.74, 6) is 1.74. The molecule has 4 nitrogen and oxygen atoms in total. The molecular weight excluding hydrogens is 524 g/mol. The van der Waals surface area contributed by atoms with Gasteiger partial charge in [0.1, 0.15) is 17.2 Å². The zero-order valence-corrected chi connectivity index (χ0v) is 27.7. The third-order valence-electron chi connectivity index (χ3n) is 8.11. The lowest BCUT2D eigenvalue weighted by Crippen LogP contribution is -2.22. The number of ether oxygens (including phenoxy) is 3. The summed E-state index contributed by atoms with van der Waals surface area (Å²) in [7, 11) is -0.863. The summed E-state index contributed by atoms with van der Waals surface area (Å²) >= 11 is 0. The second kappa shape index (κ2) is 21.4. The summed E-state index contributed by atoms with van der Waals surface area (Å²) in [6, 6.07) is 17.4. The van der Waals surface area contributed by atoms with E-state index in [1.807, 2.05) is 24.3 Å². The SMILES string of the molecule is CCCCCCCCOc1ccc(C(=O)Oc2ccc(OCCCCCCCCCCC[Si](C)(C)CC)cc2)cc1.